The number of hydrogen-bond acceptors (Lipinski definition) is 3. The molecular weight excluding hydrogens is 405 g/mol. The van der Waals surface area contributed by atoms with E-state index in [1.54, 1.807) is 19.3 Å². The van der Waals surface area contributed by atoms with Crippen LogP contribution in [-0.2, 0) is 13.2 Å². The van der Waals surface area contributed by atoms with Crippen molar-refractivity contribution in [3.63, 3.8) is 0 Å². The van der Waals surface area contributed by atoms with E-state index in [0.29, 0.717) is 11.4 Å². The van der Waals surface area contributed by atoms with Crippen molar-refractivity contribution < 1.29 is 18.0 Å². The fourth-order valence-electron chi connectivity index (χ4n) is 3.18. The van der Waals surface area contributed by atoms with Crippen LogP contribution in [0.5, 0.6) is 0 Å². The Morgan fingerprint density at radius 2 is 1.87 bits per heavy atom. The molecule has 0 spiro atoms. The minimum absolute atomic E-state index is 0.0662. The van der Waals surface area contributed by atoms with E-state index in [9.17, 15) is 18.0 Å². The number of aryl methyl sites for hydroxylation is 1. The second kappa shape index (κ2) is 8.06. The smallest absolute Gasteiger partial charge is 0.320 e. The van der Waals surface area contributed by atoms with E-state index in [-0.39, 0.29) is 16.8 Å². The van der Waals surface area contributed by atoms with Gasteiger partial charge in [0.15, 0.2) is 0 Å². The third kappa shape index (κ3) is 4.32. The molecule has 1 amide bonds. The molecule has 0 atom stereocenters. The van der Waals surface area contributed by atoms with Crippen molar-refractivity contribution >= 4 is 11.6 Å². The van der Waals surface area contributed by atoms with E-state index in [0.717, 1.165) is 17.7 Å². The number of hydrogen-bond donors (Lipinski definition) is 1. The molecule has 0 fully saturated rings. The van der Waals surface area contributed by atoms with Crippen molar-refractivity contribution in [1.82, 2.24) is 14.8 Å². The Labute approximate surface area is 176 Å². The van der Waals surface area contributed by atoms with Gasteiger partial charge in [-0.3, -0.25) is 14.5 Å². The van der Waals surface area contributed by atoms with Crippen LogP contribution in [0.3, 0.4) is 0 Å². The number of aromatic nitrogens is 3. The summed E-state index contributed by atoms with van der Waals surface area (Å²) in [6, 6.07) is 18.3. The lowest BCUT2D eigenvalue weighted by molar-refractivity contribution is -0.137. The quantitative estimate of drug-likeness (QED) is 0.492. The van der Waals surface area contributed by atoms with Crippen molar-refractivity contribution in [3.8, 4) is 22.5 Å². The van der Waals surface area contributed by atoms with Gasteiger partial charge in [0.2, 0.25) is 0 Å². The standard InChI is InChI=1S/C23H16F3N4O/c1-30-13-11-19(29-30)17-14-16(9-10-18(17)23(24,25)26)22(31)28-20-8-5-12-27-21(20)15-6-3-2-4-7-15/h2-4,6-14H,1H3,(H,28,31). The van der Waals surface area contributed by atoms with Crippen LogP contribution in [0.15, 0.2) is 73.1 Å². The fourth-order valence-corrected chi connectivity index (χ4v) is 3.18. The minimum atomic E-state index is -4.58. The Morgan fingerprint density at radius 3 is 2.55 bits per heavy atom. The molecule has 2 aromatic carbocycles. The molecule has 2 aromatic heterocycles. The van der Waals surface area contributed by atoms with Crippen LogP contribution in [0.1, 0.15) is 15.9 Å². The number of nitrogens with one attached hydrogen (secondary N) is 1. The lowest BCUT2D eigenvalue weighted by Crippen LogP contribution is -2.15. The summed E-state index contributed by atoms with van der Waals surface area (Å²) in [5.41, 5.74) is 0.890. The first-order valence-corrected chi connectivity index (χ1v) is 9.27. The summed E-state index contributed by atoms with van der Waals surface area (Å²) in [5, 5.41) is 6.79. The second-order valence-electron chi connectivity index (χ2n) is 6.78. The molecule has 1 radical (unpaired) electrons. The molecule has 0 saturated heterocycles. The molecule has 4 rings (SSSR count). The minimum Gasteiger partial charge on any atom is -0.320 e. The van der Waals surface area contributed by atoms with Crippen LogP contribution in [0.4, 0.5) is 18.9 Å². The molecule has 0 aliphatic heterocycles. The number of amides is 1. The van der Waals surface area contributed by atoms with Crippen molar-refractivity contribution in [3.05, 3.63) is 90.3 Å². The molecule has 31 heavy (non-hydrogen) atoms. The molecule has 155 valence electrons. The molecule has 0 aliphatic carbocycles. The van der Waals surface area contributed by atoms with Crippen molar-refractivity contribution in [2.75, 3.05) is 5.32 Å². The third-order valence-electron chi connectivity index (χ3n) is 4.62. The zero-order valence-electron chi connectivity index (χ0n) is 16.3. The first-order chi connectivity index (χ1) is 14.8. The molecular formula is C23H16F3N4O. The Kier molecular flexibility index (Phi) is 5.29. The highest BCUT2D eigenvalue weighted by Crippen LogP contribution is 2.37. The molecule has 0 unspecified atom stereocenters. The van der Waals surface area contributed by atoms with E-state index >= 15 is 0 Å². The highest BCUT2D eigenvalue weighted by atomic mass is 19.4. The Hall–Kier alpha value is -3.94. The molecule has 1 N–H and O–H groups in total. The zero-order chi connectivity index (χ0) is 22.0. The van der Waals surface area contributed by atoms with Crippen LogP contribution in [0.25, 0.3) is 22.5 Å². The summed E-state index contributed by atoms with van der Waals surface area (Å²) in [5.74, 6) is -0.565. The zero-order valence-corrected chi connectivity index (χ0v) is 16.3. The molecule has 0 aliphatic rings. The number of nitrogens with zero attached hydrogens (tertiary/aromatic N) is 3. The number of rotatable bonds is 4. The van der Waals surface area contributed by atoms with Gasteiger partial charge in [-0.15, -0.1) is 0 Å². The molecule has 2 heterocycles. The predicted molar refractivity (Wildman–Crippen MR) is 110 cm³/mol. The van der Waals surface area contributed by atoms with Crippen LogP contribution in [0, 0.1) is 6.07 Å². The second-order valence-corrected chi connectivity index (χ2v) is 6.78. The van der Waals surface area contributed by atoms with Gasteiger partial charge in [0.05, 0.1) is 22.6 Å². The van der Waals surface area contributed by atoms with E-state index in [4.69, 9.17) is 0 Å². The van der Waals surface area contributed by atoms with Crippen molar-refractivity contribution in [1.29, 1.82) is 0 Å². The van der Waals surface area contributed by atoms with E-state index in [1.165, 1.54) is 23.0 Å². The van der Waals surface area contributed by atoms with E-state index in [2.05, 4.69) is 21.5 Å². The molecule has 0 saturated carbocycles. The van der Waals surface area contributed by atoms with E-state index < -0.39 is 17.6 Å². The molecule has 5 nitrogen and oxygen atoms in total. The van der Waals surface area contributed by atoms with Gasteiger partial charge in [0, 0.05) is 42.2 Å². The Bertz CT molecular complexity index is 1230. The number of alkyl halides is 3. The molecule has 0 bridgehead atoms. The lowest BCUT2D eigenvalue weighted by Gasteiger charge is -2.14. The van der Waals surface area contributed by atoms with Crippen LogP contribution >= 0.6 is 0 Å². The number of anilines is 1. The van der Waals surface area contributed by atoms with Gasteiger partial charge in [0.1, 0.15) is 0 Å². The number of pyridine rings is 1. The van der Waals surface area contributed by atoms with Gasteiger partial charge >= 0.3 is 6.18 Å². The van der Waals surface area contributed by atoms with Crippen molar-refractivity contribution in [2.45, 2.75) is 6.18 Å². The summed E-state index contributed by atoms with van der Waals surface area (Å²) >= 11 is 0. The third-order valence-corrected chi connectivity index (χ3v) is 4.62. The van der Waals surface area contributed by atoms with Gasteiger partial charge < -0.3 is 5.32 Å². The first kappa shape index (κ1) is 20.3. The van der Waals surface area contributed by atoms with Crippen LogP contribution in [0.2, 0.25) is 0 Å². The maximum Gasteiger partial charge on any atom is 0.417 e. The average molecular weight is 421 g/mol. The summed E-state index contributed by atoms with van der Waals surface area (Å²) in [6.45, 7) is 0. The first-order valence-electron chi connectivity index (χ1n) is 9.27. The topological polar surface area (TPSA) is 59.8 Å². The van der Waals surface area contributed by atoms with Crippen molar-refractivity contribution in [2.24, 2.45) is 7.05 Å². The maximum absolute atomic E-state index is 13.5. The Morgan fingerprint density at radius 1 is 1.10 bits per heavy atom. The summed E-state index contributed by atoms with van der Waals surface area (Å²) < 4.78 is 41.9. The fraction of sp³-hybridized carbons (Fsp3) is 0.0870. The lowest BCUT2D eigenvalue weighted by atomic mass is 10.00. The van der Waals surface area contributed by atoms with E-state index in [1.807, 2.05) is 30.3 Å². The summed E-state index contributed by atoms with van der Waals surface area (Å²) in [6.07, 6.45) is -1.56. The Balaban J connectivity index is 1.71. The number of carbonyl (C=O) groups excluding carboxylic acids is 1. The normalized spacial score (nSPS) is 11.4. The van der Waals surface area contributed by atoms with Gasteiger partial charge in [-0.05, 0) is 30.3 Å². The number of halogens is 3. The van der Waals surface area contributed by atoms with Crippen LogP contribution < -0.4 is 5.32 Å². The number of benzene rings is 2. The highest BCUT2D eigenvalue weighted by Gasteiger charge is 2.34. The summed E-state index contributed by atoms with van der Waals surface area (Å²) in [4.78, 5) is 17.2. The molecule has 8 heteroatoms. The van der Waals surface area contributed by atoms with Gasteiger partial charge in [0.25, 0.3) is 5.91 Å². The maximum atomic E-state index is 13.5. The number of carbonyl (C=O) groups is 1. The predicted octanol–water partition coefficient (Wildman–Crippen LogP) is 5.22. The van der Waals surface area contributed by atoms with Crippen LogP contribution in [-0.4, -0.2) is 20.7 Å². The molecule has 4 aromatic rings. The summed E-state index contributed by atoms with van der Waals surface area (Å²) in [7, 11) is 1.61. The monoisotopic (exact) mass is 421 g/mol. The highest BCUT2D eigenvalue weighted by molar-refractivity contribution is 6.06. The van der Waals surface area contributed by atoms with Gasteiger partial charge in [-0.1, -0.05) is 30.3 Å². The SMILES string of the molecule is Cn1ccc(-c2cc(C(=O)Nc3c[c]cnc3-c3ccccc3)ccc2C(F)(F)F)n1. The van der Waals surface area contributed by atoms with Gasteiger partial charge in [-0.25, -0.2) is 0 Å². The van der Waals surface area contributed by atoms with Gasteiger partial charge in [-0.2, -0.15) is 18.3 Å². The average Bonchev–Trinajstić information content (AvgIpc) is 3.20. The largest absolute Gasteiger partial charge is 0.417 e.